The van der Waals surface area contributed by atoms with Crippen molar-refractivity contribution in [3.63, 3.8) is 0 Å². The zero-order valence-electron chi connectivity index (χ0n) is 43.5. The number of nitrogens with zero attached hydrogens (tertiary/aromatic N) is 2. The van der Waals surface area contributed by atoms with E-state index in [1.807, 2.05) is 0 Å². The summed E-state index contributed by atoms with van der Waals surface area (Å²) in [5, 5.41) is 0. The Balaban J connectivity index is 1.18. The van der Waals surface area contributed by atoms with Gasteiger partial charge in [0.25, 0.3) is 0 Å². The third-order valence-electron chi connectivity index (χ3n) is 16.8. The van der Waals surface area contributed by atoms with Crippen LogP contribution in [0.5, 0.6) is 0 Å². The molecule has 12 rings (SSSR count). The third kappa shape index (κ3) is 6.87. The normalized spacial score (nSPS) is 18.4. The van der Waals surface area contributed by atoms with E-state index >= 15 is 0 Å². The summed E-state index contributed by atoms with van der Waals surface area (Å²) in [6.07, 6.45) is 2.25. The van der Waals surface area contributed by atoms with Crippen LogP contribution in [0.2, 0.25) is 0 Å². The maximum atomic E-state index is 2.70. The van der Waals surface area contributed by atoms with Crippen LogP contribution < -0.4 is 9.80 Å². The van der Waals surface area contributed by atoms with E-state index in [0.29, 0.717) is 0 Å². The van der Waals surface area contributed by atoms with Gasteiger partial charge in [-0.2, -0.15) is 0 Å². The van der Waals surface area contributed by atoms with Crippen LogP contribution in [0.15, 0.2) is 164 Å². The lowest BCUT2D eigenvalue weighted by Gasteiger charge is -2.46. The number of aryl methyl sites for hydroxylation is 1. The van der Waals surface area contributed by atoms with Gasteiger partial charge in [0.05, 0.1) is 28.4 Å². The quantitative estimate of drug-likeness (QED) is 0.170. The first-order valence-corrected chi connectivity index (χ1v) is 25.8. The Hall–Kier alpha value is -6.64. The molecule has 70 heavy (non-hydrogen) atoms. The number of anilines is 6. The Bertz CT molecular complexity index is 3430. The van der Waals surface area contributed by atoms with E-state index < -0.39 is 0 Å². The predicted molar refractivity (Wildman–Crippen MR) is 298 cm³/mol. The molecule has 2 heterocycles. The molecule has 0 saturated heterocycles. The van der Waals surface area contributed by atoms with Gasteiger partial charge in [-0.25, -0.2) is 0 Å². The highest BCUT2D eigenvalue weighted by molar-refractivity contribution is 6.00. The Labute approximate surface area is 418 Å². The second-order valence-electron chi connectivity index (χ2n) is 25.0. The van der Waals surface area contributed by atoms with Gasteiger partial charge in [-0.15, -0.1) is 0 Å². The highest BCUT2D eigenvalue weighted by atomic mass is 15.2. The van der Waals surface area contributed by atoms with E-state index in [1.165, 1.54) is 112 Å². The molecule has 0 aromatic heterocycles. The van der Waals surface area contributed by atoms with Crippen molar-refractivity contribution in [3.05, 3.63) is 214 Å². The van der Waals surface area contributed by atoms with Crippen molar-refractivity contribution in [2.75, 3.05) is 9.80 Å². The standard InChI is InChI=1S/C68H68N2/c1-42-32-60-63-61(33-42)70(57-31-28-48(64(2,3)4)37-51(57)47-27-30-53-54(35-47)66(7,8)40-65(53,5)6)59-39-56-55(67(9,10)41-68(56,11)12)38-52(59)62(63)50-29-26-46(44-22-17-14-18-23-44)36-58(50)69(60)49-25-19-24-45(34-49)43-20-15-13-16-21-43/h13-39,62H,40-41H2,1-12H3. The van der Waals surface area contributed by atoms with Crippen molar-refractivity contribution in [2.24, 2.45) is 0 Å². The number of benzene rings is 8. The molecule has 0 fully saturated rings. The molecule has 8 aromatic rings. The molecule has 0 saturated carbocycles. The van der Waals surface area contributed by atoms with Crippen LogP contribution in [0.3, 0.4) is 0 Å². The molecule has 2 heteroatoms. The number of hydrogen-bond acceptors (Lipinski definition) is 2. The van der Waals surface area contributed by atoms with Gasteiger partial charge in [0, 0.05) is 22.7 Å². The average molecular weight is 913 g/mol. The van der Waals surface area contributed by atoms with Gasteiger partial charge in [-0.05, 0) is 168 Å². The molecule has 0 N–H and O–H groups in total. The molecule has 0 spiro atoms. The fraction of sp³-hybridized carbons (Fsp3) is 0.294. The summed E-state index contributed by atoms with van der Waals surface area (Å²) in [6.45, 7) is 29.0. The summed E-state index contributed by atoms with van der Waals surface area (Å²) in [6, 6.07) is 63.4. The predicted octanol–water partition coefficient (Wildman–Crippen LogP) is 19.0. The summed E-state index contributed by atoms with van der Waals surface area (Å²) < 4.78 is 0. The molecule has 2 aliphatic carbocycles. The molecule has 0 radical (unpaired) electrons. The molecule has 0 bridgehead atoms. The summed E-state index contributed by atoms with van der Waals surface area (Å²) in [4.78, 5) is 5.29. The number of rotatable bonds is 5. The molecular weight excluding hydrogens is 845 g/mol. The van der Waals surface area contributed by atoms with E-state index in [9.17, 15) is 0 Å². The van der Waals surface area contributed by atoms with E-state index in [-0.39, 0.29) is 33.0 Å². The Morgan fingerprint density at radius 3 is 1.59 bits per heavy atom. The number of hydrogen-bond donors (Lipinski definition) is 0. The van der Waals surface area contributed by atoms with E-state index in [2.05, 4.69) is 257 Å². The minimum atomic E-state index is -0.0355. The Morgan fingerprint density at radius 2 is 0.943 bits per heavy atom. The lowest BCUT2D eigenvalue weighted by atomic mass is 9.73. The van der Waals surface area contributed by atoms with Crippen LogP contribution in [0.4, 0.5) is 34.1 Å². The van der Waals surface area contributed by atoms with Crippen molar-refractivity contribution in [2.45, 2.75) is 129 Å². The van der Waals surface area contributed by atoms with Crippen molar-refractivity contribution < 1.29 is 0 Å². The first-order chi connectivity index (χ1) is 33.2. The van der Waals surface area contributed by atoms with Crippen LogP contribution in [0, 0.1) is 6.92 Å². The van der Waals surface area contributed by atoms with Gasteiger partial charge in [0.1, 0.15) is 0 Å². The molecule has 2 nitrogen and oxygen atoms in total. The summed E-state index contributed by atoms with van der Waals surface area (Å²) in [5.41, 5.74) is 27.7. The van der Waals surface area contributed by atoms with E-state index in [1.54, 1.807) is 0 Å². The topological polar surface area (TPSA) is 6.48 Å². The second-order valence-corrected chi connectivity index (χ2v) is 25.0. The molecule has 8 aromatic carbocycles. The molecule has 2 aliphatic heterocycles. The smallest absolute Gasteiger partial charge is 0.0540 e. The molecule has 0 amide bonds. The second kappa shape index (κ2) is 15.2. The highest BCUT2D eigenvalue weighted by Gasteiger charge is 2.48. The summed E-state index contributed by atoms with van der Waals surface area (Å²) >= 11 is 0. The summed E-state index contributed by atoms with van der Waals surface area (Å²) in [7, 11) is 0. The molecule has 1 unspecified atom stereocenters. The van der Waals surface area contributed by atoms with Crippen LogP contribution in [-0.2, 0) is 27.1 Å². The largest absolute Gasteiger partial charge is 0.310 e. The minimum absolute atomic E-state index is 0.00960. The van der Waals surface area contributed by atoms with Crippen molar-refractivity contribution in [1.82, 2.24) is 0 Å². The molecular formula is C68H68N2. The van der Waals surface area contributed by atoms with Crippen LogP contribution >= 0.6 is 0 Å². The van der Waals surface area contributed by atoms with Crippen LogP contribution in [0.25, 0.3) is 33.4 Å². The lowest BCUT2D eigenvalue weighted by molar-refractivity contribution is 0.402. The molecule has 350 valence electrons. The van der Waals surface area contributed by atoms with Crippen molar-refractivity contribution in [3.8, 4) is 33.4 Å². The average Bonchev–Trinajstić information content (AvgIpc) is 3.64. The fourth-order valence-corrected chi connectivity index (χ4v) is 14.0. The third-order valence-corrected chi connectivity index (χ3v) is 16.8. The Kier molecular flexibility index (Phi) is 9.66. The maximum absolute atomic E-state index is 2.70. The van der Waals surface area contributed by atoms with Gasteiger partial charge in [0.15, 0.2) is 0 Å². The molecule has 4 aliphatic rings. The van der Waals surface area contributed by atoms with Crippen LogP contribution in [-0.4, -0.2) is 0 Å². The number of fused-ring (bicyclic) bond motifs is 6. The van der Waals surface area contributed by atoms with Gasteiger partial charge < -0.3 is 9.80 Å². The van der Waals surface area contributed by atoms with Crippen LogP contribution in [0.1, 0.15) is 145 Å². The van der Waals surface area contributed by atoms with E-state index in [4.69, 9.17) is 0 Å². The zero-order valence-corrected chi connectivity index (χ0v) is 43.5. The zero-order chi connectivity index (χ0) is 48.9. The summed E-state index contributed by atoms with van der Waals surface area (Å²) in [5.74, 6) is 0.00960. The van der Waals surface area contributed by atoms with Gasteiger partial charge in [-0.1, -0.05) is 191 Å². The van der Waals surface area contributed by atoms with Crippen molar-refractivity contribution >= 4 is 34.1 Å². The Morgan fingerprint density at radius 1 is 0.400 bits per heavy atom. The maximum Gasteiger partial charge on any atom is 0.0540 e. The van der Waals surface area contributed by atoms with E-state index in [0.717, 1.165) is 18.5 Å². The first-order valence-electron chi connectivity index (χ1n) is 25.8. The fourth-order valence-electron chi connectivity index (χ4n) is 14.0. The van der Waals surface area contributed by atoms with Crippen molar-refractivity contribution in [1.29, 1.82) is 0 Å². The minimum Gasteiger partial charge on any atom is -0.310 e. The first kappa shape index (κ1) is 44.6. The van der Waals surface area contributed by atoms with Gasteiger partial charge >= 0.3 is 0 Å². The highest BCUT2D eigenvalue weighted by Crippen LogP contribution is 2.64. The van der Waals surface area contributed by atoms with Gasteiger partial charge in [-0.3, -0.25) is 0 Å². The monoisotopic (exact) mass is 913 g/mol. The molecule has 1 atom stereocenters. The lowest BCUT2D eigenvalue weighted by Crippen LogP contribution is -2.30. The van der Waals surface area contributed by atoms with Gasteiger partial charge in [0.2, 0.25) is 0 Å². The SMILES string of the molecule is Cc1cc2c3c(c1)N(c1ccc(C(C)(C)C)cc1-c1ccc4c(c1)C(C)(C)CC4(C)C)c1cc4c(cc1C3c1ccc(-c3ccccc3)cc1N2c1cccc(-c2ccccc2)c1)C(C)(C)CC4(C)C.